The second-order valence-corrected chi connectivity index (χ2v) is 11.6. The van der Waals surface area contributed by atoms with Gasteiger partial charge in [-0.3, -0.25) is 0 Å². The normalized spacial score (nSPS) is 32.0. The summed E-state index contributed by atoms with van der Waals surface area (Å²) >= 11 is 0. The first kappa shape index (κ1) is 25.6. The Balaban J connectivity index is 1.27. The van der Waals surface area contributed by atoms with Crippen molar-refractivity contribution in [2.75, 3.05) is 0 Å². The van der Waals surface area contributed by atoms with Crippen LogP contribution in [0, 0.1) is 35.3 Å². The number of rotatable bonds is 9. The van der Waals surface area contributed by atoms with Crippen LogP contribution in [0.5, 0.6) is 0 Å². The van der Waals surface area contributed by atoms with E-state index in [4.69, 9.17) is 0 Å². The molecule has 3 aliphatic carbocycles. The van der Waals surface area contributed by atoms with Crippen LogP contribution in [0.4, 0.5) is 8.78 Å². The van der Waals surface area contributed by atoms with Crippen LogP contribution in [-0.2, 0) is 0 Å². The molecule has 1 aromatic carbocycles. The maximum absolute atomic E-state index is 15.2. The Hall–Kier alpha value is -1.44. The fourth-order valence-electron chi connectivity index (χ4n) is 7.19. The second-order valence-electron chi connectivity index (χ2n) is 11.6. The van der Waals surface area contributed by atoms with Gasteiger partial charge in [-0.25, -0.2) is 8.78 Å². The first-order chi connectivity index (χ1) is 16.6. The zero-order chi connectivity index (χ0) is 23.9. The van der Waals surface area contributed by atoms with Crippen LogP contribution in [0.1, 0.15) is 126 Å². The van der Waals surface area contributed by atoms with Gasteiger partial charge >= 0.3 is 0 Å². The number of allylic oxidation sites excluding steroid dienone is 3. The summed E-state index contributed by atoms with van der Waals surface area (Å²) in [6, 6.07) is 3.76. The van der Waals surface area contributed by atoms with Crippen LogP contribution >= 0.6 is 0 Å². The maximum Gasteiger partial charge on any atom is 0.162 e. The topological polar surface area (TPSA) is 0 Å². The van der Waals surface area contributed by atoms with Gasteiger partial charge in [-0.05, 0) is 92.1 Å². The Bertz CT molecular complexity index is 809. The molecule has 0 aliphatic heterocycles. The van der Waals surface area contributed by atoms with Crippen LogP contribution in [0.2, 0.25) is 0 Å². The average molecular weight is 469 g/mol. The van der Waals surface area contributed by atoms with Crippen molar-refractivity contribution in [3.63, 3.8) is 0 Å². The van der Waals surface area contributed by atoms with E-state index in [1.54, 1.807) is 0 Å². The van der Waals surface area contributed by atoms with E-state index in [1.165, 1.54) is 70.6 Å². The molecule has 0 nitrogen and oxygen atoms in total. The molecule has 3 aliphatic rings. The molecule has 2 unspecified atom stereocenters. The third kappa shape index (κ3) is 6.21. The highest BCUT2D eigenvalue weighted by Gasteiger charge is 2.33. The fraction of sp³-hybridized carbons (Fsp3) is 0.688. The van der Waals surface area contributed by atoms with Crippen molar-refractivity contribution in [3.05, 3.63) is 59.7 Å². The van der Waals surface area contributed by atoms with Gasteiger partial charge in [0.05, 0.1) is 0 Å². The van der Waals surface area contributed by atoms with Gasteiger partial charge in [0.2, 0.25) is 0 Å². The van der Waals surface area contributed by atoms with E-state index in [0.717, 1.165) is 43.4 Å². The van der Waals surface area contributed by atoms with E-state index in [1.807, 2.05) is 24.3 Å². The number of hydrogen-bond donors (Lipinski definition) is 0. The molecule has 0 N–H and O–H groups in total. The van der Waals surface area contributed by atoms with E-state index >= 15 is 8.78 Å². The first-order valence-electron chi connectivity index (χ1n) is 14.4. The first-order valence-corrected chi connectivity index (χ1v) is 14.4. The van der Waals surface area contributed by atoms with Gasteiger partial charge in [0.15, 0.2) is 11.6 Å². The Labute approximate surface area is 207 Å². The molecule has 0 aromatic heterocycles. The van der Waals surface area contributed by atoms with Crippen LogP contribution in [0.25, 0.3) is 0 Å². The highest BCUT2D eigenvalue weighted by molar-refractivity contribution is 5.34. The summed E-state index contributed by atoms with van der Waals surface area (Å²) in [7, 11) is 0. The molecule has 0 heterocycles. The van der Waals surface area contributed by atoms with Gasteiger partial charge in [-0.15, -0.1) is 6.58 Å². The van der Waals surface area contributed by atoms with Crippen molar-refractivity contribution in [3.8, 4) is 0 Å². The lowest BCUT2D eigenvalue weighted by Crippen LogP contribution is -2.25. The molecule has 0 saturated heterocycles. The lowest BCUT2D eigenvalue weighted by Gasteiger charge is -2.38. The molecule has 2 fully saturated rings. The molecule has 2 atom stereocenters. The van der Waals surface area contributed by atoms with Crippen molar-refractivity contribution < 1.29 is 8.78 Å². The van der Waals surface area contributed by atoms with E-state index in [9.17, 15) is 0 Å². The summed E-state index contributed by atoms with van der Waals surface area (Å²) in [5, 5.41) is 0. The van der Waals surface area contributed by atoms with Gasteiger partial charge in [0.1, 0.15) is 0 Å². The fourth-order valence-corrected chi connectivity index (χ4v) is 7.19. The zero-order valence-corrected chi connectivity index (χ0v) is 21.4. The minimum absolute atomic E-state index is 0.0164. The highest BCUT2D eigenvalue weighted by atomic mass is 19.2. The smallest absolute Gasteiger partial charge is 0.162 e. The summed E-state index contributed by atoms with van der Waals surface area (Å²) in [4.78, 5) is 0. The van der Waals surface area contributed by atoms with Gasteiger partial charge in [-0.2, -0.15) is 0 Å². The molecule has 34 heavy (non-hydrogen) atoms. The monoisotopic (exact) mass is 468 g/mol. The van der Waals surface area contributed by atoms with E-state index in [-0.39, 0.29) is 11.8 Å². The Kier molecular flexibility index (Phi) is 9.43. The van der Waals surface area contributed by atoms with Crippen molar-refractivity contribution >= 4 is 0 Å². The van der Waals surface area contributed by atoms with Gasteiger partial charge in [0.25, 0.3) is 0 Å². The van der Waals surface area contributed by atoms with Crippen molar-refractivity contribution in [2.24, 2.45) is 23.7 Å². The molecule has 2 saturated carbocycles. The molecule has 4 rings (SSSR count). The Morgan fingerprint density at radius 3 is 2.03 bits per heavy atom. The summed E-state index contributed by atoms with van der Waals surface area (Å²) in [6.45, 7) is 6.13. The van der Waals surface area contributed by atoms with E-state index < -0.39 is 11.6 Å². The quantitative estimate of drug-likeness (QED) is 0.250. The Morgan fingerprint density at radius 1 is 0.765 bits per heavy atom. The number of benzene rings is 1. The number of hydrogen-bond acceptors (Lipinski definition) is 0. The van der Waals surface area contributed by atoms with Crippen LogP contribution in [0.15, 0.2) is 36.9 Å². The maximum atomic E-state index is 15.2. The third-order valence-corrected chi connectivity index (χ3v) is 9.48. The largest absolute Gasteiger partial charge is 0.203 e. The van der Waals surface area contributed by atoms with Gasteiger partial charge < -0.3 is 0 Å². The van der Waals surface area contributed by atoms with Crippen molar-refractivity contribution in [1.29, 1.82) is 0 Å². The lowest BCUT2D eigenvalue weighted by molar-refractivity contribution is 0.155. The van der Waals surface area contributed by atoms with Crippen molar-refractivity contribution in [2.45, 2.75) is 115 Å². The predicted molar refractivity (Wildman–Crippen MR) is 140 cm³/mol. The summed E-state index contributed by atoms with van der Waals surface area (Å²) in [5.41, 5.74) is 1.15. The zero-order valence-electron chi connectivity index (χ0n) is 21.4. The predicted octanol–water partition coefficient (Wildman–Crippen LogP) is 10.3. The summed E-state index contributed by atoms with van der Waals surface area (Å²) in [6.07, 6.45) is 24.9. The number of halogens is 2. The lowest BCUT2D eigenvalue weighted by atomic mass is 9.68. The van der Waals surface area contributed by atoms with Crippen LogP contribution in [-0.4, -0.2) is 0 Å². The third-order valence-electron chi connectivity index (χ3n) is 9.48. The SMILES string of the molecule is C=CC1C=CC(c2ccc(C3CCC(C4CCC(CCCCCC)CC4)CC3)c(F)c2F)CC1. The van der Waals surface area contributed by atoms with Crippen molar-refractivity contribution in [1.82, 2.24) is 0 Å². The Morgan fingerprint density at radius 2 is 1.41 bits per heavy atom. The average Bonchev–Trinajstić information content (AvgIpc) is 2.89. The van der Waals surface area contributed by atoms with Gasteiger partial charge in [-0.1, -0.05) is 82.2 Å². The number of unbranched alkanes of at least 4 members (excludes halogenated alkanes) is 3. The van der Waals surface area contributed by atoms with Crippen LogP contribution in [0.3, 0.4) is 0 Å². The minimum atomic E-state index is -0.608. The van der Waals surface area contributed by atoms with Gasteiger partial charge in [0, 0.05) is 5.92 Å². The summed E-state index contributed by atoms with van der Waals surface area (Å²) < 4.78 is 30.3. The molecule has 0 radical (unpaired) electrons. The molecule has 0 bridgehead atoms. The second kappa shape index (κ2) is 12.5. The molecule has 188 valence electrons. The molecule has 2 heteroatoms. The van der Waals surface area contributed by atoms with E-state index in [0.29, 0.717) is 17.0 Å². The van der Waals surface area contributed by atoms with E-state index in [2.05, 4.69) is 19.6 Å². The minimum Gasteiger partial charge on any atom is -0.203 e. The van der Waals surface area contributed by atoms with Crippen LogP contribution < -0.4 is 0 Å². The standard InChI is InChI=1S/C32H46F2/c1-3-5-6-7-8-24-11-13-25(14-12-24)26-17-19-28(20-18-26)30-22-21-29(31(33)32(30)34)27-15-9-23(4-2)10-16-27/h4,9,15,21-28H,2-3,5-8,10-14,16-20H2,1H3. The molecule has 0 amide bonds. The summed E-state index contributed by atoms with van der Waals surface area (Å²) in [5.74, 6) is 1.97. The molecule has 0 spiro atoms. The highest BCUT2D eigenvalue weighted by Crippen LogP contribution is 2.45. The molecular weight excluding hydrogens is 422 g/mol. The molecule has 1 aromatic rings. The molecular formula is C32H46F2.